The molecule has 2 aromatic carbocycles. The molecular formula is C14H10ClNS. The van der Waals surface area contributed by atoms with Gasteiger partial charge < -0.3 is 0 Å². The lowest BCUT2D eigenvalue weighted by Crippen LogP contribution is -1.85. The van der Waals surface area contributed by atoms with Crippen molar-refractivity contribution in [3.05, 3.63) is 58.6 Å². The minimum absolute atomic E-state index is 0.704. The van der Waals surface area contributed by atoms with Gasteiger partial charge in [-0.25, -0.2) is 0 Å². The second-order valence-corrected chi connectivity index (χ2v) is 5.14. The van der Waals surface area contributed by atoms with E-state index in [1.54, 1.807) is 11.8 Å². The number of nitrogens with zero attached hydrogens (tertiary/aromatic N) is 1. The van der Waals surface area contributed by atoms with Crippen LogP contribution in [-0.2, 0) is 0 Å². The largest absolute Gasteiger partial charge is 0.192 e. The number of halogens is 1. The maximum atomic E-state index is 9.09. The van der Waals surface area contributed by atoms with Gasteiger partial charge in [-0.1, -0.05) is 41.6 Å². The second-order valence-electron chi connectivity index (χ2n) is 3.62. The highest BCUT2D eigenvalue weighted by molar-refractivity contribution is 7.99. The molecule has 17 heavy (non-hydrogen) atoms. The molecule has 2 aromatic rings. The van der Waals surface area contributed by atoms with Crippen LogP contribution in [-0.4, -0.2) is 0 Å². The third-order valence-electron chi connectivity index (χ3n) is 2.35. The van der Waals surface area contributed by atoms with E-state index in [1.165, 1.54) is 0 Å². The van der Waals surface area contributed by atoms with Crippen molar-refractivity contribution in [3.8, 4) is 6.07 Å². The number of aryl methyl sites for hydroxylation is 1. The van der Waals surface area contributed by atoms with Gasteiger partial charge in [0.1, 0.15) is 6.07 Å². The molecule has 84 valence electrons. The van der Waals surface area contributed by atoms with Crippen molar-refractivity contribution in [3.63, 3.8) is 0 Å². The molecule has 0 radical (unpaired) electrons. The first kappa shape index (κ1) is 12.0. The molecule has 3 heteroatoms. The average Bonchev–Trinajstić information content (AvgIpc) is 2.32. The number of nitriles is 1. The van der Waals surface area contributed by atoms with Crippen molar-refractivity contribution in [2.75, 3.05) is 0 Å². The molecule has 0 bridgehead atoms. The Morgan fingerprint density at radius 1 is 1.18 bits per heavy atom. The fraction of sp³-hybridized carbons (Fsp3) is 0.0714. The van der Waals surface area contributed by atoms with Crippen LogP contribution in [0.4, 0.5) is 0 Å². The highest BCUT2D eigenvalue weighted by atomic mass is 35.5. The molecule has 0 fully saturated rings. The van der Waals surface area contributed by atoms with E-state index in [0.29, 0.717) is 10.6 Å². The van der Waals surface area contributed by atoms with E-state index in [0.717, 1.165) is 15.4 Å². The summed E-state index contributed by atoms with van der Waals surface area (Å²) >= 11 is 7.52. The lowest BCUT2D eigenvalue weighted by Gasteiger charge is -2.07. The van der Waals surface area contributed by atoms with Crippen LogP contribution >= 0.6 is 23.4 Å². The van der Waals surface area contributed by atoms with Crippen LogP contribution in [0.15, 0.2) is 52.3 Å². The van der Waals surface area contributed by atoms with Crippen LogP contribution < -0.4 is 0 Å². The summed E-state index contributed by atoms with van der Waals surface area (Å²) < 4.78 is 0. The zero-order valence-corrected chi connectivity index (χ0v) is 10.8. The molecule has 0 N–H and O–H groups in total. The molecule has 0 atom stereocenters. The van der Waals surface area contributed by atoms with Crippen LogP contribution in [0, 0.1) is 18.3 Å². The van der Waals surface area contributed by atoms with Gasteiger partial charge in [0, 0.05) is 14.8 Å². The van der Waals surface area contributed by atoms with Gasteiger partial charge in [-0.3, -0.25) is 0 Å². The molecule has 2 rings (SSSR count). The van der Waals surface area contributed by atoms with E-state index in [1.807, 2.05) is 49.4 Å². The molecule has 0 aliphatic rings. The van der Waals surface area contributed by atoms with E-state index >= 15 is 0 Å². The summed E-state index contributed by atoms with van der Waals surface area (Å²) in [5.41, 5.74) is 1.81. The third kappa shape index (κ3) is 2.82. The summed E-state index contributed by atoms with van der Waals surface area (Å²) in [4.78, 5) is 2.04. The van der Waals surface area contributed by atoms with E-state index < -0.39 is 0 Å². The van der Waals surface area contributed by atoms with Crippen LogP contribution in [0.3, 0.4) is 0 Å². The Balaban J connectivity index is 2.40. The molecule has 0 unspecified atom stereocenters. The molecule has 0 heterocycles. The SMILES string of the molecule is Cc1cccc(C#N)c1Sc1cccc(Cl)c1. The Hall–Kier alpha value is -1.43. The van der Waals surface area contributed by atoms with E-state index in [-0.39, 0.29) is 0 Å². The molecule has 0 saturated carbocycles. The molecule has 0 saturated heterocycles. The molecule has 0 spiro atoms. The van der Waals surface area contributed by atoms with Gasteiger partial charge in [-0.2, -0.15) is 5.26 Å². The number of benzene rings is 2. The zero-order chi connectivity index (χ0) is 12.3. The first-order valence-electron chi connectivity index (χ1n) is 5.14. The Labute approximate surface area is 110 Å². The summed E-state index contributed by atoms with van der Waals surface area (Å²) in [7, 11) is 0. The standard InChI is InChI=1S/C14H10ClNS/c1-10-4-2-5-11(9-16)14(10)17-13-7-3-6-12(15)8-13/h2-8H,1H3. The van der Waals surface area contributed by atoms with Gasteiger partial charge in [0.15, 0.2) is 0 Å². The van der Waals surface area contributed by atoms with Crippen LogP contribution in [0.25, 0.3) is 0 Å². The van der Waals surface area contributed by atoms with Gasteiger partial charge in [-0.05, 0) is 36.8 Å². The van der Waals surface area contributed by atoms with E-state index in [2.05, 4.69) is 6.07 Å². The van der Waals surface area contributed by atoms with Gasteiger partial charge in [-0.15, -0.1) is 0 Å². The Bertz CT molecular complexity index is 587. The zero-order valence-electron chi connectivity index (χ0n) is 9.27. The molecule has 0 aliphatic heterocycles. The lowest BCUT2D eigenvalue weighted by atomic mass is 10.1. The average molecular weight is 260 g/mol. The van der Waals surface area contributed by atoms with Crippen molar-refractivity contribution in [1.29, 1.82) is 5.26 Å². The maximum absolute atomic E-state index is 9.09. The molecule has 1 nitrogen and oxygen atoms in total. The minimum Gasteiger partial charge on any atom is -0.192 e. The smallest absolute Gasteiger partial charge is 0.100 e. The van der Waals surface area contributed by atoms with Crippen molar-refractivity contribution in [1.82, 2.24) is 0 Å². The van der Waals surface area contributed by atoms with E-state index in [4.69, 9.17) is 16.9 Å². The predicted molar refractivity (Wildman–Crippen MR) is 71.5 cm³/mol. The summed E-state index contributed by atoms with van der Waals surface area (Å²) in [6.07, 6.45) is 0. The number of hydrogen-bond donors (Lipinski definition) is 0. The fourth-order valence-corrected chi connectivity index (χ4v) is 2.80. The topological polar surface area (TPSA) is 23.8 Å². The number of hydrogen-bond acceptors (Lipinski definition) is 2. The number of rotatable bonds is 2. The first-order chi connectivity index (χ1) is 8.20. The summed E-state index contributed by atoms with van der Waals surface area (Å²) in [5.74, 6) is 0. The quantitative estimate of drug-likeness (QED) is 0.782. The maximum Gasteiger partial charge on any atom is 0.100 e. The second kappa shape index (κ2) is 5.27. The van der Waals surface area contributed by atoms with Gasteiger partial charge in [0.25, 0.3) is 0 Å². The Kier molecular flexibility index (Phi) is 3.73. The van der Waals surface area contributed by atoms with Crippen LogP contribution in [0.5, 0.6) is 0 Å². The van der Waals surface area contributed by atoms with Gasteiger partial charge in [0.2, 0.25) is 0 Å². The van der Waals surface area contributed by atoms with Crippen LogP contribution in [0.2, 0.25) is 5.02 Å². The first-order valence-corrected chi connectivity index (χ1v) is 6.33. The predicted octanol–water partition coefficient (Wildman–Crippen LogP) is 4.67. The summed E-state index contributed by atoms with van der Waals surface area (Å²) in [6.45, 7) is 2.01. The normalized spacial score (nSPS) is 9.94. The molecule has 0 aliphatic carbocycles. The minimum atomic E-state index is 0.704. The summed E-state index contributed by atoms with van der Waals surface area (Å²) in [6, 6.07) is 15.6. The summed E-state index contributed by atoms with van der Waals surface area (Å²) in [5, 5.41) is 9.80. The Morgan fingerprint density at radius 3 is 2.65 bits per heavy atom. The molecular weight excluding hydrogens is 250 g/mol. The van der Waals surface area contributed by atoms with Crippen molar-refractivity contribution in [2.24, 2.45) is 0 Å². The van der Waals surface area contributed by atoms with Crippen molar-refractivity contribution in [2.45, 2.75) is 16.7 Å². The Morgan fingerprint density at radius 2 is 1.94 bits per heavy atom. The van der Waals surface area contributed by atoms with Gasteiger partial charge >= 0.3 is 0 Å². The molecule has 0 aromatic heterocycles. The van der Waals surface area contributed by atoms with Crippen molar-refractivity contribution >= 4 is 23.4 Å². The van der Waals surface area contributed by atoms with Crippen LogP contribution in [0.1, 0.15) is 11.1 Å². The monoisotopic (exact) mass is 259 g/mol. The van der Waals surface area contributed by atoms with Gasteiger partial charge in [0.05, 0.1) is 5.56 Å². The van der Waals surface area contributed by atoms with E-state index in [9.17, 15) is 0 Å². The fourth-order valence-electron chi connectivity index (χ4n) is 1.52. The highest BCUT2D eigenvalue weighted by Crippen LogP contribution is 2.33. The van der Waals surface area contributed by atoms with Crippen molar-refractivity contribution < 1.29 is 0 Å². The third-order valence-corrected chi connectivity index (χ3v) is 3.82. The lowest BCUT2D eigenvalue weighted by molar-refractivity contribution is 1.26. The molecule has 0 amide bonds. The highest BCUT2D eigenvalue weighted by Gasteiger charge is 2.07.